The number of nitrogens with one attached hydrogen (secondary N) is 1. The molecule has 6 nitrogen and oxygen atoms in total. The highest BCUT2D eigenvalue weighted by Gasteiger charge is 2.15. The highest BCUT2D eigenvalue weighted by atomic mass is 127. The SMILES string of the molecule is COC(=O)c1ccc(NN=C(C#N)C#N)c(I)c1Cl. The van der Waals surface area contributed by atoms with Crippen molar-refractivity contribution in [1.29, 1.82) is 10.5 Å². The van der Waals surface area contributed by atoms with Gasteiger partial charge < -0.3 is 4.74 Å². The van der Waals surface area contributed by atoms with Crippen LogP contribution in [-0.2, 0) is 4.74 Å². The lowest BCUT2D eigenvalue weighted by Crippen LogP contribution is -2.05. The number of hydrazone groups is 1. The number of hydrogen-bond donors (Lipinski definition) is 1. The van der Waals surface area contributed by atoms with Crippen LogP contribution in [0.1, 0.15) is 10.4 Å². The maximum atomic E-state index is 11.4. The van der Waals surface area contributed by atoms with Crippen LogP contribution in [0.25, 0.3) is 0 Å². The van der Waals surface area contributed by atoms with Crippen LogP contribution >= 0.6 is 34.2 Å². The Labute approximate surface area is 127 Å². The maximum Gasteiger partial charge on any atom is 0.339 e. The second kappa shape index (κ2) is 6.92. The third kappa shape index (κ3) is 3.56. The molecule has 0 saturated carbocycles. The van der Waals surface area contributed by atoms with Crippen molar-refractivity contribution in [2.45, 2.75) is 0 Å². The Morgan fingerprint density at radius 2 is 2.11 bits per heavy atom. The number of ether oxygens (including phenoxy) is 1. The summed E-state index contributed by atoms with van der Waals surface area (Å²) >= 11 is 7.94. The monoisotopic (exact) mass is 388 g/mol. The van der Waals surface area contributed by atoms with Gasteiger partial charge in [-0.1, -0.05) is 11.6 Å². The summed E-state index contributed by atoms with van der Waals surface area (Å²) in [7, 11) is 1.26. The molecule has 1 rings (SSSR count). The zero-order valence-corrected chi connectivity index (χ0v) is 12.5. The molecular formula is C11H6ClIN4O2. The van der Waals surface area contributed by atoms with Crippen molar-refractivity contribution >= 4 is 51.6 Å². The molecule has 19 heavy (non-hydrogen) atoms. The number of methoxy groups -OCH3 is 1. The molecule has 0 saturated heterocycles. The Morgan fingerprint density at radius 1 is 1.47 bits per heavy atom. The first kappa shape index (κ1) is 15.2. The van der Waals surface area contributed by atoms with E-state index in [9.17, 15) is 4.79 Å². The summed E-state index contributed by atoms with van der Waals surface area (Å²) in [6.07, 6.45) is 0. The van der Waals surface area contributed by atoms with Gasteiger partial charge >= 0.3 is 5.97 Å². The lowest BCUT2D eigenvalue weighted by Gasteiger charge is -2.08. The molecule has 0 unspecified atom stereocenters. The first-order valence-electron chi connectivity index (χ1n) is 4.75. The molecular weight excluding hydrogens is 383 g/mol. The number of rotatable bonds is 3. The van der Waals surface area contributed by atoms with Crippen LogP contribution in [0.4, 0.5) is 5.69 Å². The minimum Gasteiger partial charge on any atom is -0.465 e. The molecule has 0 amide bonds. The Bertz CT molecular complexity index is 615. The highest BCUT2D eigenvalue weighted by molar-refractivity contribution is 14.1. The largest absolute Gasteiger partial charge is 0.465 e. The van der Waals surface area contributed by atoms with E-state index in [4.69, 9.17) is 22.1 Å². The zero-order valence-electron chi connectivity index (χ0n) is 9.57. The van der Waals surface area contributed by atoms with Gasteiger partial charge in [0, 0.05) is 0 Å². The summed E-state index contributed by atoms with van der Waals surface area (Å²) in [6.45, 7) is 0. The second-order valence-corrected chi connectivity index (χ2v) is 4.53. The number of anilines is 1. The van der Waals surface area contributed by atoms with Gasteiger partial charge in [0.25, 0.3) is 0 Å². The molecule has 0 heterocycles. The Kier molecular flexibility index (Phi) is 5.55. The predicted molar refractivity (Wildman–Crippen MR) is 77.8 cm³/mol. The van der Waals surface area contributed by atoms with Crippen molar-refractivity contribution in [3.8, 4) is 12.1 Å². The van der Waals surface area contributed by atoms with Gasteiger partial charge in [0.05, 0.1) is 27.0 Å². The van der Waals surface area contributed by atoms with E-state index in [1.807, 2.05) is 22.6 Å². The molecule has 1 aromatic rings. The number of carbonyl (C=O) groups excluding carboxylic acids is 1. The highest BCUT2D eigenvalue weighted by Crippen LogP contribution is 2.30. The maximum absolute atomic E-state index is 11.4. The van der Waals surface area contributed by atoms with Crippen molar-refractivity contribution in [2.75, 3.05) is 12.5 Å². The van der Waals surface area contributed by atoms with Gasteiger partial charge in [-0.3, -0.25) is 5.43 Å². The molecule has 1 aromatic carbocycles. The fourth-order valence-electron chi connectivity index (χ4n) is 1.09. The van der Waals surface area contributed by atoms with Crippen LogP contribution in [0, 0.1) is 26.2 Å². The molecule has 0 bridgehead atoms. The molecule has 8 heteroatoms. The van der Waals surface area contributed by atoms with Gasteiger partial charge in [-0.05, 0) is 34.7 Å². The number of hydrogen-bond acceptors (Lipinski definition) is 6. The normalized spacial score (nSPS) is 8.89. The topological polar surface area (TPSA) is 98.3 Å². The number of esters is 1. The van der Waals surface area contributed by atoms with Gasteiger partial charge in [0.1, 0.15) is 12.1 Å². The van der Waals surface area contributed by atoms with E-state index in [-0.39, 0.29) is 16.3 Å². The van der Waals surface area contributed by atoms with E-state index in [1.54, 1.807) is 18.2 Å². The van der Waals surface area contributed by atoms with Gasteiger partial charge in [-0.2, -0.15) is 15.6 Å². The summed E-state index contributed by atoms with van der Waals surface area (Å²) < 4.78 is 5.11. The second-order valence-electron chi connectivity index (χ2n) is 3.08. The van der Waals surface area contributed by atoms with Crippen molar-refractivity contribution in [3.63, 3.8) is 0 Å². The first-order valence-corrected chi connectivity index (χ1v) is 6.21. The summed E-state index contributed by atoms with van der Waals surface area (Å²) in [5.41, 5.74) is 2.92. The molecule has 0 spiro atoms. The van der Waals surface area contributed by atoms with Crippen LogP contribution in [0.5, 0.6) is 0 Å². The van der Waals surface area contributed by atoms with E-state index in [2.05, 4.69) is 15.3 Å². The van der Waals surface area contributed by atoms with Crippen LogP contribution in [-0.4, -0.2) is 18.8 Å². The van der Waals surface area contributed by atoms with E-state index in [0.717, 1.165) is 0 Å². The van der Waals surface area contributed by atoms with Crippen molar-refractivity contribution in [3.05, 3.63) is 26.3 Å². The van der Waals surface area contributed by atoms with Crippen molar-refractivity contribution in [1.82, 2.24) is 0 Å². The molecule has 0 aromatic heterocycles. The molecule has 0 atom stereocenters. The summed E-state index contributed by atoms with van der Waals surface area (Å²) in [4.78, 5) is 11.4. The number of nitrogens with zero attached hydrogens (tertiary/aromatic N) is 3. The first-order chi connectivity index (χ1) is 9.04. The van der Waals surface area contributed by atoms with Crippen LogP contribution < -0.4 is 5.43 Å². The summed E-state index contributed by atoms with van der Waals surface area (Å²) in [5.74, 6) is -0.548. The zero-order chi connectivity index (χ0) is 14.4. The summed E-state index contributed by atoms with van der Waals surface area (Å²) in [5, 5.41) is 20.9. The van der Waals surface area contributed by atoms with Crippen LogP contribution in [0.2, 0.25) is 5.02 Å². The average Bonchev–Trinajstić information content (AvgIpc) is 2.43. The van der Waals surface area contributed by atoms with Crippen LogP contribution in [0.15, 0.2) is 17.2 Å². The van der Waals surface area contributed by atoms with E-state index in [0.29, 0.717) is 9.26 Å². The number of halogens is 2. The lowest BCUT2D eigenvalue weighted by molar-refractivity contribution is 0.0601. The van der Waals surface area contributed by atoms with Crippen molar-refractivity contribution in [2.24, 2.45) is 5.10 Å². The third-order valence-corrected chi connectivity index (χ3v) is 3.82. The quantitative estimate of drug-likeness (QED) is 0.371. The fraction of sp³-hybridized carbons (Fsp3) is 0.0909. The standard InChI is InChI=1S/C11H6ClIN4O2/c1-19-11(18)7-2-3-8(10(13)9(7)12)17-16-6(4-14)5-15/h2-3,17H,1H3. The number of benzene rings is 1. The molecule has 0 aliphatic carbocycles. The molecule has 0 aliphatic heterocycles. The smallest absolute Gasteiger partial charge is 0.339 e. The molecule has 96 valence electrons. The minimum absolute atomic E-state index is 0.211. The van der Waals surface area contributed by atoms with E-state index in [1.165, 1.54) is 13.2 Å². The van der Waals surface area contributed by atoms with E-state index < -0.39 is 5.97 Å². The molecule has 0 fully saturated rings. The fourth-order valence-corrected chi connectivity index (χ4v) is 1.93. The molecule has 0 radical (unpaired) electrons. The van der Waals surface area contributed by atoms with Crippen molar-refractivity contribution < 1.29 is 9.53 Å². The Hall–Kier alpha value is -1.84. The Balaban J connectivity index is 3.12. The van der Waals surface area contributed by atoms with Crippen LogP contribution in [0.3, 0.4) is 0 Å². The lowest BCUT2D eigenvalue weighted by atomic mass is 10.2. The van der Waals surface area contributed by atoms with Gasteiger partial charge in [0.15, 0.2) is 0 Å². The van der Waals surface area contributed by atoms with Gasteiger partial charge in [0.2, 0.25) is 5.71 Å². The average molecular weight is 389 g/mol. The van der Waals surface area contributed by atoms with E-state index >= 15 is 0 Å². The van der Waals surface area contributed by atoms with Gasteiger partial charge in [-0.25, -0.2) is 4.79 Å². The third-order valence-electron chi connectivity index (χ3n) is 1.99. The number of nitriles is 2. The van der Waals surface area contributed by atoms with Gasteiger partial charge in [-0.15, -0.1) is 0 Å². The molecule has 1 N–H and O–H groups in total. The minimum atomic E-state index is -0.548. The predicted octanol–water partition coefficient (Wildman–Crippen LogP) is 2.55. The Morgan fingerprint density at radius 3 is 2.63 bits per heavy atom. The summed E-state index contributed by atoms with van der Waals surface area (Å²) in [6, 6.07) is 6.24. The molecule has 0 aliphatic rings. The number of carbonyl (C=O) groups is 1.